The van der Waals surface area contributed by atoms with Crippen molar-refractivity contribution in [1.82, 2.24) is 4.90 Å². The molecule has 0 heterocycles. The molecule has 2 aromatic rings. The lowest BCUT2D eigenvalue weighted by atomic mass is 10.00. The van der Waals surface area contributed by atoms with Crippen LogP contribution in [0.4, 0.5) is 0 Å². The molecular weight excluding hydrogens is 306 g/mol. The van der Waals surface area contributed by atoms with Crippen molar-refractivity contribution in [3.05, 3.63) is 71.3 Å². The van der Waals surface area contributed by atoms with E-state index in [0.29, 0.717) is 6.42 Å². The van der Waals surface area contributed by atoms with E-state index in [2.05, 4.69) is 31.1 Å². The number of rotatable bonds is 11. The van der Waals surface area contributed by atoms with E-state index in [1.807, 2.05) is 42.5 Å². The van der Waals surface area contributed by atoms with Crippen molar-refractivity contribution in [3.63, 3.8) is 0 Å². The van der Waals surface area contributed by atoms with Gasteiger partial charge in [0.1, 0.15) is 0 Å². The van der Waals surface area contributed by atoms with Gasteiger partial charge in [0, 0.05) is 12.0 Å². The number of benzene rings is 2. The smallest absolute Gasteiger partial charge is 0.167 e. The Hall–Kier alpha value is -1.93. The van der Waals surface area contributed by atoms with Gasteiger partial charge in [-0.2, -0.15) is 0 Å². The summed E-state index contributed by atoms with van der Waals surface area (Å²) in [5.41, 5.74) is 3.23. The van der Waals surface area contributed by atoms with Crippen molar-refractivity contribution in [2.75, 3.05) is 20.6 Å². The zero-order valence-corrected chi connectivity index (χ0v) is 15.7. The molecule has 2 nitrogen and oxygen atoms in total. The summed E-state index contributed by atoms with van der Waals surface area (Å²) in [4.78, 5) is 14.6. The van der Waals surface area contributed by atoms with Crippen molar-refractivity contribution in [3.8, 4) is 0 Å². The Morgan fingerprint density at radius 3 is 2.08 bits per heavy atom. The zero-order valence-electron chi connectivity index (χ0n) is 15.7. The number of hydrogen-bond donors (Lipinski definition) is 0. The van der Waals surface area contributed by atoms with Crippen LogP contribution < -0.4 is 0 Å². The van der Waals surface area contributed by atoms with Gasteiger partial charge in [-0.1, -0.05) is 73.9 Å². The summed E-state index contributed by atoms with van der Waals surface area (Å²) in [6.07, 6.45) is 8.06. The maximum atomic E-state index is 12.3. The Morgan fingerprint density at radius 1 is 0.760 bits per heavy atom. The Balaban J connectivity index is 1.68. The predicted octanol–water partition coefficient (Wildman–Crippen LogP) is 5.17. The van der Waals surface area contributed by atoms with Crippen LogP contribution in [0.2, 0.25) is 0 Å². The lowest BCUT2D eigenvalue weighted by molar-refractivity contribution is 0.0993. The topological polar surface area (TPSA) is 20.3 Å². The molecule has 0 fully saturated rings. The fraction of sp³-hybridized carbons (Fsp3) is 0.435. The van der Waals surface area contributed by atoms with Crippen LogP contribution in [0.3, 0.4) is 0 Å². The Bertz CT molecular complexity index is 616. The van der Waals surface area contributed by atoms with Crippen molar-refractivity contribution in [2.45, 2.75) is 44.9 Å². The van der Waals surface area contributed by atoms with Crippen molar-refractivity contribution in [2.24, 2.45) is 0 Å². The summed E-state index contributed by atoms with van der Waals surface area (Å²) in [5, 5.41) is 0. The van der Waals surface area contributed by atoms with Crippen molar-refractivity contribution in [1.29, 1.82) is 0 Å². The molecule has 0 saturated carbocycles. The molecule has 2 aromatic carbocycles. The van der Waals surface area contributed by atoms with Crippen molar-refractivity contribution < 1.29 is 4.79 Å². The predicted molar refractivity (Wildman–Crippen MR) is 106 cm³/mol. The van der Waals surface area contributed by atoms with Crippen molar-refractivity contribution >= 4 is 5.78 Å². The van der Waals surface area contributed by atoms with Crippen LogP contribution in [0.1, 0.15) is 53.6 Å². The highest BCUT2D eigenvalue weighted by atomic mass is 16.1. The monoisotopic (exact) mass is 337 g/mol. The normalized spacial score (nSPS) is 11.0. The molecule has 0 atom stereocenters. The van der Waals surface area contributed by atoms with E-state index in [1.54, 1.807) is 0 Å². The standard InChI is InChI=1S/C23H31NO/c1-24(2)18-10-5-3-4-7-11-20-14-16-22(17-15-20)23(25)19-21-12-8-6-9-13-21/h6,8-9,12-17H,3-5,7,10-11,18-19H2,1-2H3. The number of aryl methyl sites for hydroxylation is 1. The number of carbonyl (C=O) groups is 1. The molecule has 2 rings (SSSR count). The third-order valence-electron chi connectivity index (χ3n) is 4.55. The largest absolute Gasteiger partial charge is 0.309 e. The lowest BCUT2D eigenvalue weighted by Crippen LogP contribution is -2.12. The van der Waals surface area contributed by atoms with Gasteiger partial charge in [-0.3, -0.25) is 4.79 Å². The summed E-state index contributed by atoms with van der Waals surface area (Å²) in [5.74, 6) is 0.193. The van der Waals surface area contributed by atoms with Gasteiger partial charge >= 0.3 is 0 Å². The first-order chi connectivity index (χ1) is 12.1. The molecule has 0 saturated heterocycles. The first-order valence-electron chi connectivity index (χ1n) is 9.46. The molecule has 2 heteroatoms. The molecule has 0 radical (unpaired) electrons. The molecular formula is C23H31NO. The number of unbranched alkanes of at least 4 members (excludes halogenated alkanes) is 4. The number of nitrogens with zero attached hydrogens (tertiary/aromatic N) is 1. The summed E-state index contributed by atoms with van der Waals surface area (Å²) >= 11 is 0. The molecule has 0 aromatic heterocycles. The number of Topliss-reactive ketones (excluding diaryl/α,β-unsaturated/α-hetero) is 1. The average molecular weight is 338 g/mol. The number of ketones is 1. The molecule has 0 aliphatic heterocycles. The molecule has 0 aliphatic rings. The summed E-state index contributed by atoms with van der Waals surface area (Å²) < 4.78 is 0. The summed E-state index contributed by atoms with van der Waals surface area (Å²) in [6, 6.07) is 18.1. The second kappa shape index (κ2) is 10.8. The van der Waals surface area contributed by atoms with E-state index in [1.165, 1.54) is 44.2 Å². The maximum Gasteiger partial charge on any atom is 0.167 e. The molecule has 25 heavy (non-hydrogen) atoms. The molecule has 0 unspecified atom stereocenters. The second-order valence-electron chi connectivity index (χ2n) is 7.10. The van der Waals surface area contributed by atoms with Gasteiger partial charge in [0.15, 0.2) is 5.78 Å². The Morgan fingerprint density at radius 2 is 1.40 bits per heavy atom. The van der Waals surface area contributed by atoms with E-state index in [4.69, 9.17) is 0 Å². The number of hydrogen-bond acceptors (Lipinski definition) is 2. The van der Waals surface area contributed by atoms with Crippen LogP contribution in [0.25, 0.3) is 0 Å². The van der Waals surface area contributed by atoms with E-state index in [9.17, 15) is 4.79 Å². The SMILES string of the molecule is CN(C)CCCCCCCc1ccc(C(=O)Cc2ccccc2)cc1. The van der Waals surface area contributed by atoms with Crippen LogP contribution >= 0.6 is 0 Å². The van der Waals surface area contributed by atoms with Gasteiger partial charge in [-0.15, -0.1) is 0 Å². The van der Waals surface area contributed by atoms with Gasteiger partial charge in [0.2, 0.25) is 0 Å². The highest BCUT2D eigenvalue weighted by Gasteiger charge is 2.06. The highest BCUT2D eigenvalue weighted by Crippen LogP contribution is 2.13. The quantitative estimate of drug-likeness (QED) is 0.416. The fourth-order valence-electron chi connectivity index (χ4n) is 3.03. The lowest BCUT2D eigenvalue weighted by Gasteiger charge is -2.08. The van der Waals surface area contributed by atoms with E-state index in [0.717, 1.165) is 17.5 Å². The Labute approximate surface area is 152 Å². The van der Waals surface area contributed by atoms with Gasteiger partial charge in [-0.25, -0.2) is 0 Å². The third kappa shape index (κ3) is 7.66. The first kappa shape index (κ1) is 19.4. The average Bonchev–Trinajstić information content (AvgIpc) is 2.62. The minimum Gasteiger partial charge on any atom is -0.309 e. The molecule has 0 aliphatic carbocycles. The van der Waals surface area contributed by atoms with Crippen LogP contribution in [0.5, 0.6) is 0 Å². The maximum absolute atomic E-state index is 12.3. The van der Waals surface area contributed by atoms with E-state index >= 15 is 0 Å². The fourth-order valence-corrected chi connectivity index (χ4v) is 3.03. The minimum absolute atomic E-state index is 0.193. The van der Waals surface area contributed by atoms with E-state index < -0.39 is 0 Å². The van der Waals surface area contributed by atoms with Crippen LogP contribution in [-0.4, -0.2) is 31.3 Å². The van der Waals surface area contributed by atoms with Crippen LogP contribution in [0.15, 0.2) is 54.6 Å². The zero-order chi connectivity index (χ0) is 17.9. The molecule has 0 bridgehead atoms. The van der Waals surface area contributed by atoms with Gasteiger partial charge in [0.25, 0.3) is 0 Å². The molecule has 0 amide bonds. The van der Waals surface area contributed by atoms with Gasteiger partial charge in [0.05, 0.1) is 0 Å². The second-order valence-corrected chi connectivity index (χ2v) is 7.10. The first-order valence-corrected chi connectivity index (χ1v) is 9.46. The Kier molecular flexibility index (Phi) is 8.41. The van der Waals surface area contributed by atoms with Gasteiger partial charge < -0.3 is 4.90 Å². The summed E-state index contributed by atoms with van der Waals surface area (Å²) in [6.45, 7) is 1.19. The number of carbonyl (C=O) groups excluding carboxylic acids is 1. The van der Waals surface area contributed by atoms with Gasteiger partial charge in [-0.05, 0) is 51.0 Å². The third-order valence-corrected chi connectivity index (χ3v) is 4.55. The minimum atomic E-state index is 0.193. The molecule has 0 N–H and O–H groups in total. The van der Waals surface area contributed by atoms with Crippen LogP contribution in [-0.2, 0) is 12.8 Å². The van der Waals surface area contributed by atoms with E-state index in [-0.39, 0.29) is 5.78 Å². The highest BCUT2D eigenvalue weighted by molar-refractivity contribution is 5.97. The van der Waals surface area contributed by atoms with Crippen LogP contribution in [0, 0.1) is 0 Å². The molecule has 0 spiro atoms. The summed E-state index contributed by atoms with van der Waals surface area (Å²) in [7, 11) is 4.27. The molecule has 134 valence electrons.